The molecule has 1 heterocycles. The van der Waals surface area contributed by atoms with Gasteiger partial charge in [0, 0.05) is 12.1 Å². The predicted molar refractivity (Wildman–Crippen MR) is 75.5 cm³/mol. The number of amides is 1. The van der Waals surface area contributed by atoms with Crippen molar-refractivity contribution in [1.82, 2.24) is 4.90 Å². The molecule has 1 aliphatic rings. The second-order valence-electron chi connectivity index (χ2n) is 5.14. The summed E-state index contributed by atoms with van der Waals surface area (Å²) in [5.74, 6) is -0.541. The number of aliphatic carboxylic acids is 1. The monoisotopic (exact) mass is 293 g/mol. The maximum Gasteiger partial charge on any atom is 0.334 e. The largest absolute Gasteiger partial charge is 0.491 e. The highest BCUT2D eigenvalue weighted by molar-refractivity contribution is 5.94. The first-order valence-electron chi connectivity index (χ1n) is 6.88. The van der Waals surface area contributed by atoms with Crippen molar-refractivity contribution in [3.63, 3.8) is 0 Å². The minimum atomic E-state index is -1.05. The quantitative estimate of drug-likeness (QED) is 0.908. The zero-order valence-corrected chi connectivity index (χ0v) is 12.1. The molecule has 2 rings (SSSR count). The van der Waals surface area contributed by atoms with Gasteiger partial charge in [-0.3, -0.25) is 4.79 Å². The number of carbonyl (C=O) groups is 2. The summed E-state index contributed by atoms with van der Waals surface area (Å²) >= 11 is 0. The first kappa shape index (κ1) is 15.3. The molecule has 0 saturated carbocycles. The molecule has 1 unspecified atom stereocenters. The molecule has 0 bridgehead atoms. The molecule has 1 saturated heterocycles. The molecular weight excluding hydrogens is 274 g/mol. The topological polar surface area (TPSA) is 76.1 Å². The summed E-state index contributed by atoms with van der Waals surface area (Å²) in [7, 11) is 0. The van der Waals surface area contributed by atoms with Crippen LogP contribution in [0.1, 0.15) is 24.2 Å². The molecule has 1 aliphatic heterocycles. The lowest BCUT2D eigenvalue weighted by Crippen LogP contribution is -2.48. The van der Waals surface area contributed by atoms with Gasteiger partial charge in [0.15, 0.2) is 6.10 Å². The highest BCUT2D eigenvalue weighted by Crippen LogP contribution is 2.16. The summed E-state index contributed by atoms with van der Waals surface area (Å²) in [6, 6.07) is 6.85. The van der Waals surface area contributed by atoms with Gasteiger partial charge in [0.1, 0.15) is 5.75 Å². The third-order valence-electron chi connectivity index (χ3n) is 3.10. The van der Waals surface area contributed by atoms with Gasteiger partial charge in [-0.25, -0.2) is 4.79 Å². The summed E-state index contributed by atoms with van der Waals surface area (Å²) in [6.45, 7) is 4.56. The lowest BCUT2D eigenvalue weighted by Gasteiger charge is -2.30. The molecule has 1 aromatic carbocycles. The Morgan fingerprint density at radius 3 is 2.57 bits per heavy atom. The van der Waals surface area contributed by atoms with Crippen LogP contribution in [0.4, 0.5) is 0 Å². The number of morpholine rings is 1. The second kappa shape index (κ2) is 6.58. The molecule has 0 spiro atoms. The molecule has 1 aromatic rings. The molecule has 1 fully saturated rings. The van der Waals surface area contributed by atoms with Gasteiger partial charge in [-0.15, -0.1) is 0 Å². The molecule has 0 aromatic heterocycles. The van der Waals surface area contributed by atoms with Crippen LogP contribution in [0.5, 0.6) is 5.75 Å². The number of rotatable bonds is 4. The fraction of sp³-hybridized carbons (Fsp3) is 0.467. The molecule has 6 heteroatoms. The molecule has 1 atom stereocenters. The average molecular weight is 293 g/mol. The number of carboxylic acid groups (broad SMARTS) is 1. The summed E-state index contributed by atoms with van der Waals surface area (Å²) in [4.78, 5) is 24.8. The Morgan fingerprint density at radius 2 is 2.00 bits per heavy atom. The van der Waals surface area contributed by atoms with E-state index in [-0.39, 0.29) is 25.2 Å². The fourth-order valence-electron chi connectivity index (χ4n) is 2.11. The first-order chi connectivity index (χ1) is 9.97. The Bertz CT molecular complexity index is 511. The first-order valence-corrected chi connectivity index (χ1v) is 6.88. The highest BCUT2D eigenvalue weighted by atomic mass is 16.5. The second-order valence-corrected chi connectivity index (χ2v) is 5.14. The van der Waals surface area contributed by atoms with Crippen LogP contribution in [0.15, 0.2) is 24.3 Å². The number of benzene rings is 1. The van der Waals surface area contributed by atoms with Crippen LogP contribution in [0.3, 0.4) is 0 Å². The van der Waals surface area contributed by atoms with E-state index >= 15 is 0 Å². The number of nitrogens with zero attached hydrogens (tertiary/aromatic N) is 1. The van der Waals surface area contributed by atoms with Crippen LogP contribution in [-0.4, -0.2) is 53.8 Å². The molecule has 21 heavy (non-hydrogen) atoms. The minimum absolute atomic E-state index is 0.0679. The Kier molecular flexibility index (Phi) is 4.80. The van der Waals surface area contributed by atoms with Gasteiger partial charge in [-0.1, -0.05) is 0 Å². The third-order valence-corrected chi connectivity index (χ3v) is 3.10. The molecule has 1 N–H and O–H groups in total. The highest BCUT2D eigenvalue weighted by Gasteiger charge is 2.29. The van der Waals surface area contributed by atoms with Gasteiger partial charge in [0.2, 0.25) is 0 Å². The number of hydrogen-bond acceptors (Lipinski definition) is 4. The van der Waals surface area contributed by atoms with Crippen LogP contribution < -0.4 is 4.74 Å². The van der Waals surface area contributed by atoms with E-state index in [0.29, 0.717) is 17.9 Å². The normalized spacial score (nSPS) is 18.6. The van der Waals surface area contributed by atoms with Gasteiger partial charge in [-0.05, 0) is 38.1 Å². The lowest BCUT2D eigenvalue weighted by molar-refractivity contribution is -0.154. The van der Waals surface area contributed by atoms with Crippen LogP contribution in [0.25, 0.3) is 0 Å². The van der Waals surface area contributed by atoms with E-state index in [1.165, 1.54) is 4.90 Å². The maximum atomic E-state index is 12.3. The van der Waals surface area contributed by atoms with Gasteiger partial charge in [-0.2, -0.15) is 0 Å². The zero-order valence-electron chi connectivity index (χ0n) is 12.1. The summed E-state index contributed by atoms with van der Waals surface area (Å²) in [5, 5.41) is 8.95. The van der Waals surface area contributed by atoms with Gasteiger partial charge < -0.3 is 19.5 Å². The lowest BCUT2D eigenvalue weighted by atomic mass is 10.1. The van der Waals surface area contributed by atoms with Gasteiger partial charge in [0.25, 0.3) is 5.91 Å². The van der Waals surface area contributed by atoms with E-state index in [1.54, 1.807) is 24.3 Å². The van der Waals surface area contributed by atoms with E-state index in [4.69, 9.17) is 14.6 Å². The number of ether oxygens (including phenoxy) is 2. The Morgan fingerprint density at radius 1 is 1.33 bits per heavy atom. The van der Waals surface area contributed by atoms with Crippen molar-refractivity contribution < 1.29 is 24.2 Å². The van der Waals surface area contributed by atoms with Crippen molar-refractivity contribution in [3.05, 3.63) is 29.8 Å². The van der Waals surface area contributed by atoms with Gasteiger partial charge >= 0.3 is 5.97 Å². The number of carbonyl (C=O) groups excluding carboxylic acids is 1. The number of carboxylic acids is 1. The Balaban J connectivity index is 2.03. The van der Waals surface area contributed by atoms with Crippen molar-refractivity contribution in [2.45, 2.75) is 26.1 Å². The van der Waals surface area contributed by atoms with Crippen molar-refractivity contribution in [2.75, 3.05) is 19.7 Å². The fourth-order valence-corrected chi connectivity index (χ4v) is 2.11. The maximum absolute atomic E-state index is 12.3. The van der Waals surface area contributed by atoms with E-state index < -0.39 is 12.1 Å². The molecule has 1 amide bonds. The summed E-state index contributed by atoms with van der Waals surface area (Å²) in [5.41, 5.74) is 0.511. The zero-order chi connectivity index (χ0) is 15.4. The standard InChI is InChI=1S/C15H19NO5/c1-10(2)21-12-5-3-11(4-6-12)14(17)16-7-8-20-13(9-16)15(18)19/h3-6,10,13H,7-9H2,1-2H3,(H,18,19). The average Bonchev–Trinajstić information content (AvgIpc) is 2.47. The minimum Gasteiger partial charge on any atom is -0.491 e. The van der Waals surface area contributed by atoms with Crippen molar-refractivity contribution in [1.29, 1.82) is 0 Å². The Labute approximate surface area is 123 Å². The van der Waals surface area contributed by atoms with Crippen molar-refractivity contribution >= 4 is 11.9 Å². The van der Waals surface area contributed by atoms with Crippen LogP contribution in [0.2, 0.25) is 0 Å². The van der Waals surface area contributed by atoms with E-state index in [9.17, 15) is 9.59 Å². The van der Waals surface area contributed by atoms with Crippen molar-refractivity contribution in [3.8, 4) is 5.75 Å². The van der Waals surface area contributed by atoms with E-state index in [1.807, 2.05) is 13.8 Å². The van der Waals surface area contributed by atoms with Crippen molar-refractivity contribution in [2.24, 2.45) is 0 Å². The molecule has 0 radical (unpaired) electrons. The predicted octanol–water partition coefficient (Wildman–Crippen LogP) is 1.40. The molecule has 114 valence electrons. The van der Waals surface area contributed by atoms with Gasteiger partial charge in [0.05, 0.1) is 19.3 Å². The molecular formula is C15H19NO5. The third kappa shape index (κ3) is 3.95. The van der Waals surface area contributed by atoms with E-state index in [0.717, 1.165) is 0 Å². The van der Waals surface area contributed by atoms with Crippen LogP contribution >= 0.6 is 0 Å². The summed E-state index contributed by atoms with van der Waals surface area (Å²) < 4.78 is 10.6. The Hall–Kier alpha value is -2.08. The SMILES string of the molecule is CC(C)Oc1ccc(C(=O)N2CCOC(C(=O)O)C2)cc1. The van der Waals surface area contributed by atoms with Crippen LogP contribution in [-0.2, 0) is 9.53 Å². The summed E-state index contributed by atoms with van der Waals surface area (Å²) in [6.07, 6.45) is -0.881. The number of hydrogen-bond donors (Lipinski definition) is 1. The van der Waals surface area contributed by atoms with Crippen LogP contribution in [0, 0.1) is 0 Å². The van der Waals surface area contributed by atoms with E-state index in [2.05, 4.69) is 0 Å². The molecule has 6 nitrogen and oxygen atoms in total. The smallest absolute Gasteiger partial charge is 0.334 e. The molecule has 0 aliphatic carbocycles.